The molecule has 4 nitrogen and oxygen atoms in total. The van der Waals surface area contributed by atoms with Gasteiger partial charge in [-0.25, -0.2) is 4.39 Å². The van der Waals surface area contributed by atoms with Crippen LogP contribution in [0.3, 0.4) is 0 Å². The molecule has 0 saturated carbocycles. The fraction of sp³-hybridized carbons (Fsp3) is 0.250. The number of hydrogen-bond donors (Lipinski definition) is 0. The largest absolute Gasteiger partial charge is 0.411 e. The fourth-order valence-electron chi connectivity index (χ4n) is 2.81. The van der Waals surface area contributed by atoms with Gasteiger partial charge >= 0.3 is 0 Å². The molecule has 26 heavy (non-hydrogen) atoms. The molecule has 0 radical (unpaired) electrons. The number of aromatic nitrogens is 2. The highest BCUT2D eigenvalue weighted by atomic mass is 32.2. The van der Waals surface area contributed by atoms with Gasteiger partial charge in [-0.3, -0.25) is 4.79 Å². The molecule has 0 saturated heterocycles. The minimum atomic E-state index is -0.326. The summed E-state index contributed by atoms with van der Waals surface area (Å²) in [4.78, 5) is 12.7. The Hall–Kier alpha value is -2.47. The number of benzene rings is 2. The molecule has 6 heteroatoms. The van der Waals surface area contributed by atoms with Crippen molar-refractivity contribution in [2.75, 3.05) is 5.75 Å². The van der Waals surface area contributed by atoms with Gasteiger partial charge in [-0.15, -0.1) is 10.2 Å². The zero-order valence-electron chi connectivity index (χ0n) is 15.1. The van der Waals surface area contributed by atoms with Crippen molar-refractivity contribution < 1.29 is 13.6 Å². The number of hydrogen-bond acceptors (Lipinski definition) is 5. The van der Waals surface area contributed by atoms with E-state index in [0.717, 1.165) is 27.8 Å². The van der Waals surface area contributed by atoms with Crippen LogP contribution in [0.5, 0.6) is 0 Å². The summed E-state index contributed by atoms with van der Waals surface area (Å²) in [5.74, 6) is 0.236. The van der Waals surface area contributed by atoms with Gasteiger partial charge < -0.3 is 4.42 Å². The predicted molar refractivity (Wildman–Crippen MR) is 100 cm³/mol. The topological polar surface area (TPSA) is 56.0 Å². The van der Waals surface area contributed by atoms with Crippen LogP contribution in [0.4, 0.5) is 4.39 Å². The van der Waals surface area contributed by atoms with Gasteiger partial charge in [0.1, 0.15) is 5.82 Å². The van der Waals surface area contributed by atoms with Crippen molar-refractivity contribution in [2.24, 2.45) is 0 Å². The van der Waals surface area contributed by atoms with E-state index < -0.39 is 0 Å². The number of Topliss-reactive ketones (excluding diaryl/α,β-unsaturated/α-hetero) is 1. The second-order valence-corrected chi connectivity index (χ2v) is 7.15. The van der Waals surface area contributed by atoms with Crippen LogP contribution in [0.15, 0.2) is 40.0 Å². The molecule has 0 atom stereocenters. The quantitative estimate of drug-likeness (QED) is 0.463. The number of aryl methyl sites for hydroxylation is 2. The van der Waals surface area contributed by atoms with E-state index in [-0.39, 0.29) is 17.4 Å². The van der Waals surface area contributed by atoms with Crippen molar-refractivity contribution in [1.29, 1.82) is 0 Å². The first-order valence-electron chi connectivity index (χ1n) is 8.19. The van der Waals surface area contributed by atoms with Crippen molar-refractivity contribution in [1.82, 2.24) is 10.2 Å². The molecule has 1 heterocycles. The van der Waals surface area contributed by atoms with E-state index in [0.29, 0.717) is 16.7 Å². The Morgan fingerprint density at radius 3 is 2.27 bits per heavy atom. The minimum Gasteiger partial charge on any atom is -0.411 e. The van der Waals surface area contributed by atoms with Gasteiger partial charge in [0.15, 0.2) is 5.78 Å². The molecule has 0 bridgehead atoms. The molecule has 3 aromatic rings. The smallest absolute Gasteiger partial charge is 0.277 e. The monoisotopic (exact) mass is 370 g/mol. The van der Waals surface area contributed by atoms with Crippen molar-refractivity contribution in [3.05, 3.63) is 64.0 Å². The summed E-state index contributed by atoms with van der Waals surface area (Å²) >= 11 is 1.21. The lowest BCUT2D eigenvalue weighted by molar-refractivity contribution is 0.102. The molecular formula is C20H19FN2O2S. The summed E-state index contributed by atoms with van der Waals surface area (Å²) in [7, 11) is 0. The van der Waals surface area contributed by atoms with Crippen LogP contribution in [0.1, 0.15) is 32.6 Å². The molecule has 0 aliphatic carbocycles. The average molecular weight is 370 g/mol. The van der Waals surface area contributed by atoms with Crippen molar-refractivity contribution in [2.45, 2.75) is 32.9 Å². The summed E-state index contributed by atoms with van der Waals surface area (Å²) in [5.41, 5.74) is 5.65. The molecule has 0 aliphatic rings. The maximum Gasteiger partial charge on any atom is 0.277 e. The van der Waals surface area contributed by atoms with Crippen LogP contribution in [0.25, 0.3) is 11.5 Å². The molecule has 3 rings (SSSR count). The molecule has 0 aliphatic heterocycles. The third-order valence-electron chi connectivity index (χ3n) is 4.47. The molecule has 0 amide bonds. The predicted octanol–water partition coefficient (Wildman–Crippen LogP) is 5.08. The standard InChI is InChI=1S/C20H19FN2O2S/c1-11-9-12(2)14(4)18(13(11)3)17(24)10-26-20-23-22-19(25-20)15-5-7-16(21)8-6-15/h5-9H,10H2,1-4H3. The van der Waals surface area contributed by atoms with E-state index in [1.54, 1.807) is 12.1 Å². The summed E-state index contributed by atoms with van der Waals surface area (Å²) < 4.78 is 18.6. The number of nitrogens with zero attached hydrogens (tertiary/aromatic N) is 2. The zero-order valence-corrected chi connectivity index (χ0v) is 15.9. The molecule has 134 valence electrons. The van der Waals surface area contributed by atoms with E-state index in [1.165, 1.54) is 23.9 Å². The molecule has 0 fully saturated rings. The molecule has 1 aromatic heterocycles. The third kappa shape index (κ3) is 3.70. The van der Waals surface area contributed by atoms with Gasteiger partial charge in [-0.2, -0.15) is 0 Å². The van der Waals surface area contributed by atoms with Crippen molar-refractivity contribution in [3.63, 3.8) is 0 Å². The lowest BCUT2D eigenvalue weighted by atomic mass is 9.92. The van der Waals surface area contributed by atoms with Crippen LogP contribution >= 0.6 is 11.8 Å². The molecule has 2 aromatic carbocycles. The van der Waals surface area contributed by atoms with Crippen molar-refractivity contribution in [3.8, 4) is 11.5 Å². The Morgan fingerprint density at radius 2 is 1.65 bits per heavy atom. The second kappa shape index (κ2) is 7.41. The number of carbonyl (C=O) groups is 1. The van der Waals surface area contributed by atoms with E-state index in [2.05, 4.69) is 16.3 Å². The Bertz CT molecular complexity index is 938. The lowest BCUT2D eigenvalue weighted by Crippen LogP contribution is -2.10. The third-order valence-corrected chi connectivity index (χ3v) is 5.29. The summed E-state index contributed by atoms with van der Waals surface area (Å²) in [6.07, 6.45) is 0. The van der Waals surface area contributed by atoms with Gasteiger partial charge in [-0.05, 0) is 74.2 Å². The SMILES string of the molecule is Cc1cc(C)c(C)c(C(=O)CSc2nnc(-c3ccc(F)cc3)o2)c1C. The number of rotatable bonds is 5. The first-order valence-corrected chi connectivity index (χ1v) is 9.18. The molecular weight excluding hydrogens is 351 g/mol. The Kier molecular flexibility index (Phi) is 5.23. The van der Waals surface area contributed by atoms with Crippen LogP contribution in [-0.4, -0.2) is 21.7 Å². The second-order valence-electron chi connectivity index (χ2n) is 6.23. The lowest BCUT2D eigenvalue weighted by Gasteiger charge is -2.13. The van der Waals surface area contributed by atoms with E-state index >= 15 is 0 Å². The molecule has 0 spiro atoms. The molecule has 0 N–H and O–H groups in total. The number of thioether (sulfide) groups is 1. The van der Waals surface area contributed by atoms with Gasteiger partial charge in [0.25, 0.3) is 5.22 Å². The Labute approximate surface area is 155 Å². The number of halogens is 1. The maximum absolute atomic E-state index is 13.0. The maximum atomic E-state index is 13.0. The van der Waals surface area contributed by atoms with Crippen LogP contribution < -0.4 is 0 Å². The first kappa shape index (κ1) is 18.3. The van der Waals surface area contributed by atoms with E-state index in [4.69, 9.17) is 4.42 Å². The highest BCUT2D eigenvalue weighted by Gasteiger charge is 2.18. The van der Waals surface area contributed by atoms with Crippen molar-refractivity contribution >= 4 is 17.5 Å². The van der Waals surface area contributed by atoms with Gasteiger partial charge in [0.2, 0.25) is 5.89 Å². The Balaban J connectivity index is 1.74. The summed E-state index contributed by atoms with van der Waals surface area (Å²) in [6.45, 7) is 7.97. The molecule has 0 unspecified atom stereocenters. The first-order chi connectivity index (χ1) is 12.4. The summed E-state index contributed by atoms with van der Waals surface area (Å²) in [5, 5.41) is 8.24. The van der Waals surface area contributed by atoms with Gasteiger partial charge in [0.05, 0.1) is 5.75 Å². The van der Waals surface area contributed by atoms with Crippen LogP contribution in [0.2, 0.25) is 0 Å². The zero-order chi connectivity index (χ0) is 18.8. The highest BCUT2D eigenvalue weighted by Crippen LogP contribution is 2.27. The normalized spacial score (nSPS) is 11.0. The van der Waals surface area contributed by atoms with E-state index in [9.17, 15) is 9.18 Å². The fourth-order valence-corrected chi connectivity index (χ4v) is 3.45. The number of carbonyl (C=O) groups excluding carboxylic acids is 1. The Morgan fingerprint density at radius 1 is 1.04 bits per heavy atom. The van der Waals surface area contributed by atoms with Crippen LogP contribution in [-0.2, 0) is 0 Å². The highest BCUT2D eigenvalue weighted by molar-refractivity contribution is 7.99. The number of ketones is 1. The average Bonchev–Trinajstić information content (AvgIpc) is 3.08. The van der Waals surface area contributed by atoms with E-state index in [1.807, 2.05) is 27.7 Å². The summed E-state index contributed by atoms with van der Waals surface area (Å²) in [6, 6.07) is 7.92. The van der Waals surface area contributed by atoms with Gasteiger partial charge in [0, 0.05) is 11.1 Å². The minimum absolute atomic E-state index is 0.0401. The van der Waals surface area contributed by atoms with Crippen LogP contribution in [0, 0.1) is 33.5 Å². The van der Waals surface area contributed by atoms with Gasteiger partial charge in [-0.1, -0.05) is 17.8 Å².